The zero-order valence-corrected chi connectivity index (χ0v) is 24.6. The quantitative estimate of drug-likeness (QED) is 0.110. The molecule has 0 aliphatic rings. The highest BCUT2D eigenvalue weighted by atomic mass is 16.7. The fourth-order valence-electron chi connectivity index (χ4n) is 3.22. The van der Waals surface area contributed by atoms with Gasteiger partial charge in [-0.2, -0.15) is 0 Å². The first-order valence-corrected chi connectivity index (χ1v) is 14.0. The van der Waals surface area contributed by atoms with E-state index in [0.29, 0.717) is 18.4 Å². The van der Waals surface area contributed by atoms with Crippen molar-refractivity contribution in [3.05, 3.63) is 23.8 Å². The third-order valence-corrected chi connectivity index (χ3v) is 5.83. The van der Waals surface area contributed by atoms with Gasteiger partial charge in [-0.25, -0.2) is 9.59 Å². The Morgan fingerprint density at radius 3 is 1.73 bits per heavy atom. The topological polar surface area (TPSA) is 150 Å². The molecule has 0 saturated carbocycles. The monoisotopic (exact) mass is 567 g/mol. The first-order chi connectivity index (χ1) is 19.0. The van der Waals surface area contributed by atoms with Crippen molar-refractivity contribution in [2.45, 2.75) is 105 Å². The Morgan fingerprint density at radius 1 is 0.725 bits per heavy atom. The van der Waals surface area contributed by atoms with E-state index >= 15 is 0 Å². The number of hydrogen-bond donors (Lipinski definition) is 1. The maximum atomic E-state index is 12.6. The molecule has 0 aliphatic carbocycles. The lowest BCUT2D eigenvalue weighted by Gasteiger charge is -2.23. The van der Waals surface area contributed by atoms with Crippen molar-refractivity contribution in [3.63, 3.8) is 0 Å². The third kappa shape index (κ3) is 13.6. The van der Waals surface area contributed by atoms with Crippen molar-refractivity contribution in [1.82, 2.24) is 0 Å². The molecule has 0 bridgehead atoms. The summed E-state index contributed by atoms with van der Waals surface area (Å²) in [5.41, 5.74) is 6.58. The van der Waals surface area contributed by atoms with Gasteiger partial charge in [0, 0.05) is 0 Å². The number of hydrogen-bond acceptors (Lipinski definition) is 11. The van der Waals surface area contributed by atoms with E-state index in [1.807, 2.05) is 13.8 Å². The van der Waals surface area contributed by atoms with Gasteiger partial charge in [-0.3, -0.25) is 9.59 Å². The van der Waals surface area contributed by atoms with E-state index in [1.54, 1.807) is 33.8 Å². The van der Waals surface area contributed by atoms with Gasteiger partial charge >= 0.3 is 24.2 Å². The molecule has 0 saturated heterocycles. The van der Waals surface area contributed by atoms with Gasteiger partial charge in [-0.1, -0.05) is 59.4 Å². The fourth-order valence-corrected chi connectivity index (χ4v) is 3.22. The standard InChI is InChI=1S/C29H45NO10/c1-7-9-11-15-35-28(33)39-24-14-13-22(18-25(24)40-29(34)36-16-12-10-8-2)17-23(30)27(32)38-21(6)20(5)37-26(31)19(3)4/h13-14,18-21,23H,7-12,15-17,30H2,1-6H3/t20-,21-,23-/m0/s1. The van der Waals surface area contributed by atoms with Crippen molar-refractivity contribution in [1.29, 1.82) is 0 Å². The van der Waals surface area contributed by atoms with Crippen LogP contribution >= 0.6 is 0 Å². The largest absolute Gasteiger partial charge is 0.513 e. The summed E-state index contributed by atoms with van der Waals surface area (Å²) in [6.45, 7) is 11.1. The van der Waals surface area contributed by atoms with E-state index in [1.165, 1.54) is 12.1 Å². The average Bonchev–Trinajstić information content (AvgIpc) is 2.90. The Bertz CT molecular complexity index is 949. The number of ether oxygens (including phenoxy) is 6. The number of benzene rings is 1. The molecule has 1 aromatic carbocycles. The summed E-state index contributed by atoms with van der Waals surface area (Å²) >= 11 is 0. The van der Waals surface area contributed by atoms with Crippen molar-refractivity contribution >= 4 is 24.2 Å². The second-order valence-electron chi connectivity index (χ2n) is 9.85. The molecule has 0 aliphatic heterocycles. The summed E-state index contributed by atoms with van der Waals surface area (Å²) in [5, 5.41) is 0. The molecule has 0 fully saturated rings. The Hall–Kier alpha value is -3.34. The number of esters is 2. The molecule has 226 valence electrons. The fraction of sp³-hybridized carbons (Fsp3) is 0.655. The van der Waals surface area contributed by atoms with Gasteiger partial charge in [0.1, 0.15) is 18.2 Å². The third-order valence-electron chi connectivity index (χ3n) is 5.83. The summed E-state index contributed by atoms with van der Waals surface area (Å²) in [4.78, 5) is 48.8. The average molecular weight is 568 g/mol. The molecule has 11 heteroatoms. The van der Waals surface area contributed by atoms with Crippen LogP contribution in [0.4, 0.5) is 9.59 Å². The zero-order chi connectivity index (χ0) is 30.1. The van der Waals surface area contributed by atoms with E-state index in [4.69, 9.17) is 34.2 Å². The van der Waals surface area contributed by atoms with Crippen LogP contribution in [0.15, 0.2) is 18.2 Å². The number of nitrogens with two attached hydrogens (primary N) is 1. The molecule has 0 radical (unpaired) electrons. The first kappa shape index (κ1) is 34.7. The van der Waals surface area contributed by atoms with Crippen LogP contribution in [0.25, 0.3) is 0 Å². The molecular formula is C29H45NO10. The zero-order valence-electron chi connectivity index (χ0n) is 24.6. The number of carbonyl (C=O) groups is 4. The molecule has 0 amide bonds. The molecule has 0 heterocycles. The van der Waals surface area contributed by atoms with Gasteiger partial charge in [-0.15, -0.1) is 0 Å². The highest BCUT2D eigenvalue weighted by Crippen LogP contribution is 2.30. The van der Waals surface area contributed by atoms with Crippen LogP contribution in [0.2, 0.25) is 0 Å². The summed E-state index contributed by atoms with van der Waals surface area (Å²) in [6.07, 6.45) is 1.86. The van der Waals surface area contributed by atoms with Crippen LogP contribution in [0.1, 0.15) is 85.6 Å². The molecule has 3 atom stereocenters. The second kappa shape index (κ2) is 18.9. The molecule has 1 aromatic rings. The van der Waals surface area contributed by atoms with E-state index in [0.717, 1.165) is 25.7 Å². The van der Waals surface area contributed by atoms with Gasteiger partial charge < -0.3 is 34.2 Å². The second-order valence-corrected chi connectivity index (χ2v) is 9.85. The maximum Gasteiger partial charge on any atom is 0.513 e. The summed E-state index contributed by atoms with van der Waals surface area (Å²) in [6, 6.07) is 3.34. The lowest BCUT2D eigenvalue weighted by atomic mass is 10.1. The van der Waals surface area contributed by atoms with Gasteiger partial charge in [0.2, 0.25) is 0 Å². The van der Waals surface area contributed by atoms with Crippen LogP contribution in [-0.4, -0.2) is 55.7 Å². The summed E-state index contributed by atoms with van der Waals surface area (Å²) < 4.78 is 31.4. The SMILES string of the molecule is CCCCCOC(=O)Oc1ccc(C[C@H](N)C(=O)O[C@@H](C)[C@H](C)OC(=O)C(C)C)cc1OC(=O)OCCCCC. The number of rotatable bonds is 17. The van der Waals surface area contributed by atoms with Crippen LogP contribution in [0.3, 0.4) is 0 Å². The molecule has 11 nitrogen and oxygen atoms in total. The van der Waals surface area contributed by atoms with E-state index in [2.05, 4.69) is 0 Å². The lowest BCUT2D eigenvalue weighted by Crippen LogP contribution is -2.39. The molecule has 0 unspecified atom stereocenters. The minimum Gasteiger partial charge on any atom is -0.459 e. The van der Waals surface area contributed by atoms with Crippen LogP contribution in [-0.2, 0) is 35.0 Å². The Kier molecular flexibility index (Phi) is 16.4. The molecule has 0 spiro atoms. The normalized spacial score (nSPS) is 13.1. The van der Waals surface area contributed by atoms with Crippen molar-refractivity contribution < 1.29 is 47.6 Å². The Morgan fingerprint density at radius 2 is 1.23 bits per heavy atom. The van der Waals surface area contributed by atoms with Crippen LogP contribution in [0, 0.1) is 5.92 Å². The lowest BCUT2D eigenvalue weighted by molar-refractivity contribution is -0.168. The van der Waals surface area contributed by atoms with Gasteiger partial charge in [-0.05, 0) is 50.8 Å². The molecule has 40 heavy (non-hydrogen) atoms. The van der Waals surface area contributed by atoms with Crippen molar-refractivity contribution in [2.24, 2.45) is 11.7 Å². The molecule has 0 aromatic heterocycles. The Labute approximate surface area is 236 Å². The minimum absolute atomic E-state index is 0.0232. The van der Waals surface area contributed by atoms with Crippen molar-refractivity contribution in [2.75, 3.05) is 13.2 Å². The van der Waals surface area contributed by atoms with E-state index in [-0.39, 0.29) is 37.1 Å². The summed E-state index contributed by atoms with van der Waals surface area (Å²) in [7, 11) is 0. The van der Waals surface area contributed by atoms with Crippen LogP contribution < -0.4 is 15.2 Å². The van der Waals surface area contributed by atoms with Gasteiger partial charge in [0.25, 0.3) is 0 Å². The van der Waals surface area contributed by atoms with E-state index in [9.17, 15) is 19.2 Å². The molecule has 2 N–H and O–H groups in total. The Balaban J connectivity index is 2.90. The highest BCUT2D eigenvalue weighted by molar-refractivity contribution is 5.76. The smallest absolute Gasteiger partial charge is 0.459 e. The highest BCUT2D eigenvalue weighted by Gasteiger charge is 2.25. The maximum absolute atomic E-state index is 12.6. The number of unbranched alkanes of at least 4 members (excludes halogenated alkanes) is 4. The predicted molar refractivity (Wildman–Crippen MR) is 147 cm³/mol. The summed E-state index contributed by atoms with van der Waals surface area (Å²) in [5.74, 6) is -1.56. The number of carbonyl (C=O) groups excluding carboxylic acids is 4. The van der Waals surface area contributed by atoms with E-state index < -0.39 is 42.5 Å². The van der Waals surface area contributed by atoms with Crippen LogP contribution in [0.5, 0.6) is 11.5 Å². The first-order valence-electron chi connectivity index (χ1n) is 14.0. The minimum atomic E-state index is -1.07. The molecule has 1 rings (SSSR count). The van der Waals surface area contributed by atoms with Crippen molar-refractivity contribution in [3.8, 4) is 11.5 Å². The van der Waals surface area contributed by atoms with Gasteiger partial charge in [0.15, 0.2) is 11.5 Å². The molecular weight excluding hydrogens is 522 g/mol. The van der Waals surface area contributed by atoms with Gasteiger partial charge in [0.05, 0.1) is 19.1 Å². The predicted octanol–water partition coefficient (Wildman–Crippen LogP) is 5.49.